The fraction of sp³-hybridized carbons (Fsp3) is 0.100. The molecule has 0 aliphatic heterocycles. The number of thiophene rings is 1. The maximum Gasteiger partial charge on any atom is 0.149 e. The summed E-state index contributed by atoms with van der Waals surface area (Å²) in [6, 6.07) is 5.20. The van der Waals surface area contributed by atoms with Crippen LogP contribution in [0.4, 0.5) is 4.39 Å². The third-order valence-electron chi connectivity index (χ3n) is 1.98. The number of nitrogens with zero attached hydrogens (tertiary/aromatic N) is 1. The van der Waals surface area contributed by atoms with Crippen LogP contribution in [0.1, 0.15) is 5.56 Å². The van der Waals surface area contributed by atoms with Crippen molar-refractivity contribution in [3.8, 4) is 6.07 Å². The molecule has 1 heterocycles. The number of hydrogen-bond donors (Lipinski definition) is 0. The smallest absolute Gasteiger partial charge is 0.149 e. The molecule has 0 spiro atoms. The van der Waals surface area contributed by atoms with Crippen molar-refractivity contribution in [1.29, 1.82) is 5.26 Å². The average Bonchev–Trinajstić information content (AvgIpc) is 2.68. The van der Waals surface area contributed by atoms with Crippen LogP contribution in [0.5, 0.6) is 0 Å². The second kappa shape index (κ2) is 3.60. The minimum Gasteiger partial charge on any atom is -0.205 e. The molecule has 0 saturated heterocycles. The van der Waals surface area contributed by atoms with E-state index in [1.165, 1.54) is 23.1 Å². The van der Waals surface area contributed by atoms with Crippen LogP contribution < -0.4 is 0 Å². The fourth-order valence-corrected chi connectivity index (χ4v) is 3.04. The van der Waals surface area contributed by atoms with Gasteiger partial charge >= 0.3 is 0 Å². The molecule has 1 aromatic heterocycles. The lowest BCUT2D eigenvalue weighted by atomic mass is 10.1. The highest BCUT2D eigenvalue weighted by Gasteiger charge is 2.11. The molecule has 0 atom stereocenters. The van der Waals surface area contributed by atoms with Gasteiger partial charge in [-0.15, -0.1) is 23.1 Å². The predicted molar refractivity (Wildman–Crippen MR) is 58.3 cm³/mol. The zero-order chi connectivity index (χ0) is 10.1. The molecule has 0 saturated carbocycles. The minimum absolute atomic E-state index is 0.125. The van der Waals surface area contributed by atoms with E-state index in [9.17, 15) is 4.39 Å². The Hall–Kier alpha value is -1.05. The second-order valence-electron chi connectivity index (χ2n) is 2.72. The highest BCUT2D eigenvalue weighted by atomic mass is 32.2. The van der Waals surface area contributed by atoms with Crippen LogP contribution in [0.15, 0.2) is 22.4 Å². The molecular formula is C10H6FNS2. The molecule has 70 valence electrons. The molecule has 2 aromatic rings. The van der Waals surface area contributed by atoms with Gasteiger partial charge in [-0.3, -0.25) is 0 Å². The van der Waals surface area contributed by atoms with Gasteiger partial charge in [0.05, 0.1) is 10.3 Å². The monoisotopic (exact) mass is 223 g/mol. The topological polar surface area (TPSA) is 23.8 Å². The number of rotatable bonds is 1. The summed E-state index contributed by atoms with van der Waals surface area (Å²) in [5.41, 5.74) is 0.125. The van der Waals surface area contributed by atoms with Crippen molar-refractivity contribution in [3.63, 3.8) is 0 Å². The molecule has 0 amide bonds. The number of thioether (sulfide) groups is 1. The van der Waals surface area contributed by atoms with Crippen LogP contribution in [-0.4, -0.2) is 6.26 Å². The summed E-state index contributed by atoms with van der Waals surface area (Å²) in [5, 5.41) is 11.1. The van der Waals surface area contributed by atoms with Gasteiger partial charge in [-0.2, -0.15) is 5.26 Å². The summed E-state index contributed by atoms with van der Waals surface area (Å²) in [6.07, 6.45) is 1.92. The van der Waals surface area contributed by atoms with Gasteiger partial charge in [-0.25, -0.2) is 4.39 Å². The van der Waals surface area contributed by atoms with Crippen molar-refractivity contribution in [3.05, 3.63) is 28.9 Å². The summed E-state index contributed by atoms with van der Waals surface area (Å²) in [6.45, 7) is 0. The van der Waals surface area contributed by atoms with Gasteiger partial charge in [0.25, 0.3) is 0 Å². The number of benzene rings is 1. The molecule has 0 bridgehead atoms. The van der Waals surface area contributed by atoms with E-state index in [2.05, 4.69) is 0 Å². The molecule has 2 rings (SSSR count). The van der Waals surface area contributed by atoms with E-state index in [4.69, 9.17) is 5.26 Å². The van der Waals surface area contributed by atoms with Crippen LogP contribution in [0, 0.1) is 17.1 Å². The lowest BCUT2D eigenvalue weighted by Crippen LogP contribution is -1.85. The zero-order valence-corrected chi connectivity index (χ0v) is 9.01. The van der Waals surface area contributed by atoms with Gasteiger partial charge in [0.15, 0.2) is 0 Å². The first-order valence-corrected chi connectivity index (χ1v) is 6.02. The SMILES string of the molecule is CSc1cc(C#N)c(F)c2ccsc12. The van der Waals surface area contributed by atoms with Gasteiger partial charge in [-0.1, -0.05) is 0 Å². The van der Waals surface area contributed by atoms with E-state index in [-0.39, 0.29) is 5.56 Å². The van der Waals surface area contributed by atoms with Gasteiger partial charge in [-0.05, 0) is 23.8 Å². The number of fused-ring (bicyclic) bond motifs is 1. The summed E-state index contributed by atoms with van der Waals surface area (Å²) in [4.78, 5) is 0.966. The lowest BCUT2D eigenvalue weighted by molar-refractivity contribution is 0.635. The second-order valence-corrected chi connectivity index (χ2v) is 4.48. The molecule has 14 heavy (non-hydrogen) atoms. The molecule has 0 radical (unpaired) electrons. The Morgan fingerprint density at radius 1 is 1.57 bits per heavy atom. The molecule has 0 unspecified atom stereocenters. The zero-order valence-electron chi connectivity index (χ0n) is 7.37. The first-order chi connectivity index (χ1) is 6.77. The quantitative estimate of drug-likeness (QED) is 0.689. The van der Waals surface area contributed by atoms with Crippen molar-refractivity contribution >= 4 is 33.2 Å². The maximum atomic E-state index is 13.6. The van der Waals surface area contributed by atoms with Crippen LogP contribution in [0.3, 0.4) is 0 Å². The summed E-state index contributed by atoms with van der Waals surface area (Å²) in [5.74, 6) is -0.401. The highest BCUT2D eigenvalue weighted by molar-refractivity contribution is 7.99. The predicted octanol–water partition coefficient (Wildman–Crippen LogP) is 3.63. The third-order valence-corrected chi connectivity index (χ3v) is 3.82. The van der Waals surface area contributed by atoms with E-state index in [1.807, 2.05) is 17.7 Å². The number of hydrogen-bond acceptors (Lipinski definition) is 3. The maximum absolute atomic E-state index is 13.6. The summed E-state index contributed by atoms with van der Waals surface area (Å²) >= 11 is 3.04. The minimum atomic E-state index is -0.401. The van der Waals surface area contributed by atoms with Gasteiger partial charge in [0.1, 0.15) is 11.9 Å². The van der Waals surface area contributed by atoms with Crippen LogP contribution >= 0.6 is 23.1 Å². The van der Waals surface area contributed by atoms with Crippen molar-refractivity contribution in [2.75, 3.05) is 6.26 Å². The van der Waals surface area contributed by atoms with E-state index in [1.54, 1.807) is 12.1 Å². The van der Waals surface area contributed by atoms with E-state index in [0.29, 0.717) is 5.39 Å². The average molecular weight is 223 g/mol. The third kappa shape index (κ3) is 1.29. The van der Waals surface area contributed by atoms with Gasteiger partial charge in [0, 0.05) is 10.3 Å². The fourth-order valence-electron chi connectivity index (χ4n) is 1.31. The Balaban J connectivity index is 2.89. The lowest BCUT2D eigenvalue weighted by Gasteiger charge is -2.01. The van der Waals surface area contributed by atoms with Gasteiger partial charge in [0.2, 0.25) is 0 Å². The van der Waals surface area contributed by atoms with Crippen molar-refractivity contribution in [1.82, 2.24) is 0 Å². The van der Waals surface area contributed by atoms with E-state index in [0.717, 1.165) is 9.60 Å². The highest BCUT2D eigenvalue weighted by Crippen LogP contribution is 2.34. The first kappa shape index (κ1) is 9.50. The normalized spacial score (nSPS) is 10.4. The Morgan fingerprint density at radius 2 is 2.36 bits per heavy atom. The summed E-state index contributed by atoms with van der Waals surface area (Å²) < 4.78 is 14.5. The number of halogens is 1. The molecule has 4 heteroatoms. The number of nitriles is 1. The standard InChI is InChI=1S/C10H6FNS2/c1-13-8-4-6(5-12)9(11)7-2-3-14-10(7)8/h2-4H,1H3. The van der Waals surface area contributed by atoms with E-state index < -0.39 is 5.82 Å². The van der Waals surface area contributed by atoms with Gasteiger partial charge < -0.3 is 0 Å². The summed E-state index contributed by atoms with van der Waals surface area (Å²) in [7, 11) is 0. The molecule has 0 aliphatic carbocycles. The van der Waals surface area contributed by atoms with Crippen LogP contribution in [0.2, 0.25) is 0 Å². The Labute approximate surface area is 89.2 Å². The molecule has 0 fully saturated rings. The Bertz CT molecular complexity index is 525. The first-order valence-electron chi connectivity index (χ1n) is 3.91. The van der Waals surface area contributed by atoms with Crippen LogP contribution in [0.25, 0.3) is 10.1 Å². The van der Waals surface area contributed by atoms with Crippen LogP contribution in [-0.2, 0) is 0 Å². The molecular weight excluding hydrogens is 217 g/mol. The van der Waals surface area contributed by atoms with Crippen molar-refractivity contribution in [2.45, 2.75) is 4.90 Å². The Morgan fingerprint density at radius 3 is 3.00 bits per heavy atom. The molecule has 1 nitrogen and oxygen atoms in total. The van der Waals surface area contributed by atoms with Crippen molar-refractivity contribution in [2.24, 2.45) is 0 Å². The van der Waals surface area contributed by atoms with E-state index >= 15 is 0 Å². The Kier molecular flexibility index (Phi) is 2.44. The largest absolute Gasteiger partial charge is 0.205 e. The molecule has 0 N–H and O–H groups in total. The molecule has 0 aliphatic rings. The van der Waals surface area contributed by atoms with Crippen molar-refractivity contribution < 1.29 is 4.39 Å². The molecule has 1 aromatic carbocycles.